The molecule has 0 aromatic heterocycles. The Balaban J connectivity index is 2.28. The molecule has 0 aromatic rings. The van der Waals surface area contributed by atoms with Crippen LogP contribution in [0.4, 0.5) is 0 Å². The first-order valence-corrected chi connectivity index (χ1v) is 22.2. The van der Waals surface area contributed by atoms with E-state index in [0.29, 0.717) is 13.0 Å². The van der Waals surface area contributed by atoms with Crippen molar-refractivity contribution in [3.05, 3.63) is 48.6 Å². The maximum atomic E-state index is 12.8. The summed E-state index contributed by atoms with van der Waals surface area (Å²) in [6.07, 6.45) is 38.4. The van der Waals surface area contributed by atoms with Gasteiger partial charge >= 0.3 is 5.97 Å². The van der Waals surface area contributed by atoms with Crippen LogP contribution in [-0.4, -0.2) is 89.6 Å². The van der Waals surface area contributed by atoms with Crippen LogP contribution >= 0.6 is 0 Å². The number of rotatable bonds is 37. The van der Waals surface area contributed by atoms with Gasteiger partial charge in [-0.25, -0.2) is 0 Å². The summed E-state index contributed by atoms with van der Waals surface area (Å²) in [6, 6.07) is 0. The molecule has 0 bridgehead atoms. The van der Waals surface area contributed by atoms with E-state index in [1.807, 2.05) is 0 Å². The highest BCUT2D eigenvalue weighted by molar-refractivity contribution is 5.69. The molecular weight excluding hydrogens is 696 g/mol. The number of hydrogen-bond donors (Lipinski definition) is 4. The van der Waals surface area contributed by atoms with Gasteiger partial charge in [0.05, 0.1) is 19.8 Å². The molecule has 6 atom stereocenters. The molecule has 55 heavy (non-hydrogen) atoms. The van der Waals surface area contributed by atoms with E-state index >= 15 is 0 Å². The molecule has 0 spiro atoms. The Kier molecular flexibility index (Phi) is 35.1. The fourth-order valence-electron chi connectivity index (χ4n) is 6.50. The lowest BCUT2D eigenvalue weighted by molar-refractivity contribution is -0.305. The van der Waals surface area contributed by atoms with E-state index in [0.717, 1.165) is 70.6 Å². The van der Waals surface area contributed by atoms with E-state index in [2.05, 4.69) is 62.5 Å². The van der Waals surface area contributed by atoms with Crippen LogP contribution in [0.3, 0.4) is 0 Å². The molecule has 1 fully saturated rings. The highest BCUT2D eigenvalue weighted by Gasteiger charge is 2.44. The first-order chi connectivity index (χ1) is 26.9. The minimum absolute atomic E-state index is 0.121. The highest BCUT2D eigenvalue weighted by atomic mass is 16.7. The molecule has 1 aliphatic heterocycles. The second kappa shape index (κ2) is 37.7. The van der Waals surface area contributed by atoms with Gasteiger partial charge in [-0.3, -0.25) is 4.79 Å². The molecule has 1 rings (SSSR count). The van der Waals surface area contributed by atoms with Crippen molar-refractivity contribution in [1.29, 1.82) is 0 Å². The second-order valence-electron chi connectivity index (χ2n) is 15.1. The first-order valence-electron chi connectivity index (χ1n) is 22.2. The van der Waals surface area contributed by atoms with Crippen LogP contribution in [0, 0.1) is 0 Å². The largest absolute Gasteiger partial charge is 0.457 e. The lowest BCUT2D eigenvalue weighted by atomic mass is 9.99. The standard InChI is InChI=1S/C46H82O9/c1-3-5-7-9-11-13-15-17-19-20-21-23-25-27-29-31-33-35-42(48)54-40(39-53-46-45(51)44(50)43(49)41(37-47)55-46)38-52-36-34-32-30-28-26-24-22-18-16-14-12-10-8-6-4-2/h5,7,11,13,16-19,40-41,43-47,49-51H,3-4,6,8-10,12,14-15,20-39H2,1-2H3/b7-5-,13-11-,18-16-,19-17-. The van der Waals surface area contributed by atoms with Crippen molar-refractivity contribution in [3.8, 4) is 0 Å². The number of ether oxygens (including phenoxy) is 4. The van der Waals surface area contributed by atoms with Gasteiger partial charge in [-0.2, -0.15) is 0 Å². The van der Waals surface area contributed by atoms with Gasteiger partial charge < -0.3 is 39.4 Å². The molecule has 4 N–H and O–H groups in total. The number of hydrogen-bond acceptors (Lipinski definition) is 9. The Labute approximate surface area is 335 Å². The Morgan fingerprint density at radius 2 is 1.11 bits per heavy atom. The van der Waals surface area contributed by atoms with Gasteiger partial charge in [-0.1, -0.05) is 146 Å². The summed E-state index contributed by atoms with van der Waals surface area (Å²) in [5.74, 6) is -0.327. The van der Waals surface area contributed by atoms with Gasteiger partial charge in [-0.05, 0) is 70.6 Å². The third-order valence-electron chi connectivity index (χ3n) is 9.98. The van der Waals surface area contributed by atoms with E-state index in [1.165, 1.54) is 83.5 Å². The van der Waals surface area contributed by atoms with E-state index in [9.17, 15) is 25.2 Å². The zero-order valence-electron chi connectivity index (χ0n) is 34.9. The smallest absolute Gasteiger partial charge is 0.306 e. The van der Waals surface area contributed by atoms with Gasteiger partial charge in [0, 0.05) is 13.0 Å². The normalized spacial score (nSPS) is 21.2. The molecule has 0 aliphatic carbocycles. The maximum Gasteiger partial charge on any atom is 0.306 e. The van der Waals surface area contributed by atoms with Crippen molar-refractivity contribution >= 4 is 5.97 Å². The van der Waals surface area contributed by atoms with Crippen molar-refractivity contribution in [2.45, 2.75) is 211 Å². The molecule has 0 amide bonds. The van der Waals surface area contributed by atoms with Gasteiger partial charge in [0.2, 0.25) is 0 Å². The number of aliphatic hydroxyl groups is 4. The molecule has 1 heterocycles. The summed E-state index contributed by atoms with van der Waals surface area (Å²) < 4.78 is 22.8. The van der Waals surface area contributed by atoms with Crippen LogP contribution in [0.1, 0.15) is 174 Å². The second-order valence-corrected chi connectivity index (χ2v) is 15.1. The number of esters is 1. The first kappa shape index (κ1) is 51.2. The highest BCUT2D eigenvalue weighted by Crippen LogP contribution is 2.22. The van der Waals surface area contributed by atoms with E-state index in [-0.39, 0.29) is 19.2 Å². The van der Waals surface area contributed by atoms with Gasteiger partial charge in [-0.15, -0.1) is 0 Å². The third-order valence-corrected chi connectivity index (χ3v) is 9.98. The fourth-order valence-corrected chi connectivity index (χ4v) is 6.50. The lowest BCUT2D eigenvalue weighted by Gasteiger charge is -2.39. The van der Waals surface area contributed by atoms with Crippen LogP contribution in [0.2, 0.25) is 0 Å². The van der Waals surface area contributed by atoms with Crippen LogP contribution in [0.5, 0.6) is 0 Å². The Bertz CT molecular complexity index is 978. The molecule has 320 valence electrons. The number of carbonyl (C=O) groups excluding carboxylic acids is 1. The molecule has 6 unspecified atom stereocenters. The Hall–Kier alpha value is -1.85. The molecule has 0 aromatic carbocycles. The van der Waals surface area contributed by atoms with Gasteiger partial charge in [0.25, 0.3) is 0 Å². The zero-order valence-corrected chi connectivity index (χ0v) is 34.9. The molecule has 9 nitrogen and oxygen atoms in total. The number of aliphatic hydroxyl groups excluding tert-OH is 4. The fraction of sp³-hybridized carbons (Fsp3) is 0.804. The third kappa shape index (κ3) is 29.1. The van der Waals surface area contributed by atoms with Crippen molar-refractivity contribution in [2.75, 3.05) is 26.4 Å². The van der Waals surface area contributed by atoms with Gasteiger partial charge in [0.1, 0.15) is 30.5 Å². The van der Waals surface area contributed by atoms with Crippen molar-refractivity contribution in [2.24, 2.45) is 0 Å². The van der Waals surface area contributed by atoms with Crippen molar-refractivity contribution in [1.82, 2.24) is 0 Å². The topological polar surface area (TPSA) is 135 Å². The van der Waals surface area contributed by atoms with E-state index in [1.54, 1.807) is 0 Å². The summed E-state index contributed by atoms with van der Waals surface area (Å²) in [6.45, 7) is 4.41. The summed E-state index contributed by atoms with van der Waals surface area (Å²) in [5, 5.41) is 40.1. The minimum atomic E-state index is -1.54. The average Bonchev–Trinajstić information content (AvgIpc) is 3.18. The predicted octanol–water partition coefficient (Wildman–Crippen LogP) is 9.75. The number of unbranched alkanes of at least 4 members (excludes halogenated alkanes) is 18. The Morgan fingerprint density at radius 1 is 0.600 bits per heavy atom. The van der Waals surface area contributed by atoms with Crippen molar-refractivity contribution in [3.63, 3.8) is 0 Å². The van der Waals surface area contributed by atoms with Crippen LogP contribution in [0.15, 0.2) is 48.6 Å². The molecule has 9 heteroatoms. The van der Waals surface area contributed by atoms with Crippen molar-refractivity contribution < 1.29 is 44.2 Å². The summed E-state index contributed by atoms with van der Waals surface area (Å²) in [7, 11) is 0. The van der Waals surface area contributed by atoms with E-state index in [4.69, 9.17) is 18.9 Å². The van der Waals surface area contributed by atoms with Gasteiger partial charge in [0.15, 0.2) is 6.29 Å². The molecule has 0 saturated carbocycles. The number of allylic oxidation sites excluding steroid dienone is 8. The molecular formula is C46H82O9. The maximum absolute atomic E-state index is 12.8. The van der Waals surface area contributed by atoms with E-state index < -0.39 is 43.4 Å². The zero-order chi connectivity index (χ0) is 40.0. The summed E-state index contributed by atoms with van der Waals surface area (Å²) >= 11 is 0. The van der Waals surface area contributed by atoms with Crippen LogP contribution in [0.25, 0.3) is 0 Å². The van der Waals surface area contributed by atoms with Crippen LogP contribution < -0.4 is 0 Å². The monoisotopic (exact) mass is 779 g/mol. The average molecular weight is 779 g/mol. The predicted molar refractivity (Wildman–Crippen MR) is 224 cm³/mol. The summed E-state index contributed by atoms with van der Waals surface area (Å²) in [5.41, 5.74) is 0. The number of carbonyl (C=O) groups is 1. The minimum Gasteiger partial charge on any atom is -0.457 e. The Morgan fingerprint density at radius 3 is 1.69 bits per heavy atom. The quantitative estimate of drug-likeness (QED) is 0.0276. The SMILES string of the molecule is CC/C=C\C/C=C\C/C=C\CCCCCCCCCC(=O)OC(COCCCCCCCC/C=C\CCCCCCC)COC1OC(CO)C(O)C(O)C1O. The molecule has 1 saturated heterocycles. The lowest BCUT2D eigenvalue weighted by Crippen LogP contribution is -2.59. The molecule has 1 aliphatic rings. The molecule has 0 radical (unpaired) electrons. The van der Waals surface area contributed by atoms with Crippen LogP contribution in [-0.2, 0) is 23.7 Å². The summed E-state index contributed by atoms with van der Waals surface area (Å²) in [4.78, 5) is 12.8.